The molecule has 192 valence electrons. The summed E-state index contributed by atoms with van der Waals surface area (Å²) < 4.78 is 38.0. The molecule has 2 aliphatic rings. The maximum absolute atomic E-state index is 12.7. The number of benzene rings is 1. The highest BCUT2D eigenvalue weighted by atomic mass is 19.4. The number of piperidine rings is 2. The van der Waals surface area contributed by atoms with Crippen LogP contribution in [0.1, 0.15) is 57.1 Å². The fourth-order valence-corrected chi connectivity index (χ4v) is 4.85. The molecule has 4 rings (SSSR count). The molecule has 0 saturated carbocycles. The lowest BCUT2D eigenvalue weighted by molar-refractivity contribution is -0.137. The molecule has 0 unspecified atom stereocenters. The number of hydrogen-bond donors (Lipinski definition) is 1. The zero-order valence-electron chi connectivity index (χ0n) is 19.7. The second-order valence-corrected chi connectivity index (χ2v) is 9.53. The van der Waals surface area contributed by atoms with E-state index in [-0.39, 0.29) is 19.4 Å². The summed E-state index contributed by atoms with van der Waals surface area (Å²) in [6.07, 6.45) is 1.77. The molecule has 3 heterocycles. The van der Waals surface area contributed by atoms with Crippen molar-refractivity contribution in [3.63, 3.8) is 0 Å². The van der Waals surface area contributed by atoms with Crippen LogP contribution in [0.2, 0.25) is 0 Å². The molecular formula is C27H37F3N4O. The molecular weight excluding hydrogens is 453 g/mol. The lowest BCUT2D eigenvalue weighted by Gasteiger charge is -2.35. The van der Waals surface area contributed by atoms with Crippen molar-refractivity contribution in [2.24, 2.45) is 5.92 Å². The van der Waals surface area contributed by atoms with Gasteiger partial charge >= 0.3 is 6.18 Å². The van der Waals surface area contributed by atoms with Gasteiger partial charge in [0, 0.05) is 50.5 Å². The third kappa shape index (κ3) is 7.36. The Kier molecular flexibility index (Phi) is 9.03. The molecule has 0 atom stereocenters. The highest BCUT2D eigenvalue weighted by Crippen LogP contribution is 2.29. The van der Waals surface area contributed by atoms with Crippen LogP contribution in [0.15, 0.2) is 42.6 Å². The first-order valence-corrected chi connectivity index (χ1v) is 12.2. The van der Waals surface area contributed by atoms with Gasteiger partial charge in [-0.3, -0.25) is 4.79 Å². The Morgan fingerprint density at radius 1 is 1.00 bits per heavy atom. The van der Waals surface area contributed by atoms with E-state index in [1.165, 1.54) is 17.3 Å². The van der Waals surface area contributed by atoms with Crippen molar-refractivity contribution >= 4 is 17.4 Å². The average Bonchev–Trinajstić information content (AvgIpc) is 2.84. The van der Waals surface area contributed by atoms with Gasteiger partial charge in [0.05, 0.1) is 5.56 Å². The van der Waals surface area contributed by atoms with Gasteiger partial charge in [-0.2, -0.15) is 13.2 Å². The number of carbonyl (C=O) groups is 1. The molecule has 1 N–H and O–H groups in total. The topological polar surface area (TPSA) is 48.5 Å². The molecule has 0 aliphatic carbocycles. The molecule has 8 heteroatoms. The number of pyridine rings is 1. The lowest BCUT2D eigenvalue weighted by atomic mass is 9.91. The Hall–Kier alpha value is -2.77. The monoisotopic (exact) mass is 490 g/mol. The van der Waals surface area contributed by atoms with Crippen LogP contribution in [0.5, 0.6) is 0 Å². The van der Waals surface area contributed by atoms with E-state index in [0.29, 0.717) is 31.2 Å². The zero-order valence-corrected chi connectivity index (χ0v) is 19.7. The van der Waals surface area contributed by atoms with E-state index in [1.807, 2.05) is 4.90 Å². The summed E-state index contributed by atoms with van der Waals surface area (Å²) in [6, 6.07) is 11.2. The van der Waals surface area contributed by atoms with Gasteiger partial charge in [0.2, 0.25) is 5.91 Å². The molecule has 1 aromatic heterocycles. The Bertz CT molecular complexity index is 930. The minimum Gasteiger partial charge on any atom is -0.372 e. The summed E-state index contributed by atoms with van der Waals surface area (Å²) >= 11 is 0. The number of alkyl halides is 3. The van der Waals surface area contributed by atoms with Gasteiger partial charge in [0.1, 0.15) is 5.82 Å². The Balaban J connectivity index is 0.00000342. The molecule has 0 spiro atoms. The summed E-state index contributed by atoms with van der Waals surface area (Å²) in [7, 11) is 0. The van der Waals surface area contributed by atoms with Crippen molar-refractivity contribution < 1.29 is 18.0 Å². The average molecular weight is 491 g/mol. The van der Waals surface area contributed by atoms with E-state index in [2.05, 4.69) is 46.4 Å². The van der Waals surface area contributed by atoms with Crippen LogP contribution in [0, 0.1) is 12.8 Å². The zero-order chi connectivity index (χ0) is 24.1. The number of anilines is 2. The first-order chi connectivity index (χ1) is 16.3. The molecule has 2 saturated heterocycles. The smallest absolute Gasteiger partial charge is 0.372 e. The fraction of sp³-hybridized carbons (Fsp3) is 0.556. The largest absolute Gasteiger partial charge is 0.417 e. The van der Waals surface area contributed by atoms with Crippen molar-refractivity contribution in [2.45, 2.75) is 65.1 Å². The summed E-state index contributed by atoms with van der Waals surface area (Å²) in [4.78, 5) is 21.0. The summed E-state index contributed by atoms with van der Waals surface area (Å²) in [5.74, 6) is 1.25. The van der Waals surface area contributed by atoms with Gasteiger partial charge in [-0.05, 0) is 69.2 Å². The van der Waals surface area contributed by atoms with Crippen molar-refractivity contribution in [2.75, 3.05) is 36.4 Å². The molecule has 35 heavy (non-hydrogen) atoms. The van der Waals surface area contributed by atoms with E-state index in [9.17, 15) is 18.0 Å². The van der Waals surface area contributed by atoms with Crippen LogP contribution < -0.4 is 10.2 Å². The SMILES string of the molecule is C.Cc1ccc(N2CCC(CCC(=O)N3CCC(Nc4ccc(C(F)(F)F)cn4)CC3)CC2)cc1. The predicted octanol–water partition coefficient (Wildman–Crippen LogP) is 6.14. The Morgan fingerprint density at radius 2 is 1.66 bits per heavy atom. The standard InChI is InChI=1S/C26H33F3N4O.CH4/c1-19-2-6-23(7-3-19)32-14-10-20(11-15-32)4-9-25(34)33-16-12-22(13-17-33)31-24-8-5-21(18-30-24)26(27,28)29;/h2-3,5-8,18,20,22H,4,9-17H2,1H3,(H,30,31);1H4. The van der Waals surface area contributed by atoms with Gasteiger partial charge in [-0.15, -0.1) is 0 Å². The van der Waals surface area contributed by atoms with Crippen molar-refractivity contribution in [1.29, 1.82) is 0 Å². The minimum atomic E-state index is -4.38. The Labute approximate surface area is 206 Å². The number of nitrogens with one attached hydrogen (secondary N) is 1. The summed E-state index contributed by atoms with van der Waals surface area (Å²) in [5, 5.41) is 3.20. The highest BCUT2D eigenvalue weighted by Gasteiger charge is 2.31. The second-order valence-electron chi connectivity index (χ2n) is 9.53. The third-order valence-corrected chi connectivity index (χ3v) is 7.07. The van der Waals surface area contributed by atoms with Crippen LogP contribution in [0.25, 0.3) is 0 Å². The number of nitrogens with zero attached hydrogens (tertiary/aromatic N) is 3. The maximum atomic E-state index is 12.7. The van der Waals surface area contributed by atoms with E-state index < -0.39 is 11.7 Å². The maximum Gasteiger partial charge on any atom is 0.417 e. The third-order valence-electron chi connectivity index (χ3n) is 7.07. The number of carbonyl (C=O) groups excluding carboxylic acids is 1. The summed E-state index contributed by atoms with van der Waals surface area (Å²) in [6.45, 7) is 5.52. The number of aromatic nitrogens is 1. The number of hydrogen-bond acceptors (Lipinski definition) is 4. The highest BCUT2D eigenvalue weighted by molar-refractivity contribution is 5.76. The molecule has 0 radical (unpaired) electrons. The van der Waals surface area contributed by atoms with E-state index in [1.54, 1.807) is 0 Å². The number of aryl methyl sites for hydroxylation is 1. The first kappa shape index (κ1) is 26.8. The van der Waals surface area contributed by atoms with E-state index >= 15 is 0 Å². The lowest BCUT2D eigenvalue weighted by Crippen LogP contribution is -2.42. The summed E-state index contributed by atoms with van der Waals surface area (Å²) in [5.41, 5.74) is 1.80. The molecule has 1 aromatic carbocycles. The van der Waals surface area contributed by atoms with Crippen LogP contribution in [0.3, 0.4) is 0 Å². The van der Waals surface area contributed by atoms with Crippen LogP contribution in [0.4, 0.5) is 24.7 Å². The van der Waals surface area contributed by atoms with Crippen LogP contribution in [-0.4, -0.2) is 48.0 Å². The van der Waals surface area contributed by atoms with Gasteiger partial charge in [-0.25, -0.2) is 4.98 Å². The molecule has 2 aromatic rings. The van der Waals surface area contributed by atoms with Crippen molar-refractivity contribution in [1.82, 2.24) is 9.88 Å². The van der Waals surface area contributed by atoms with Crippen molar-refractivity contribution in [3.05, 3.63) is 53.7 Å². The minimum absolute atomic E-state index is 0. The van der Waals surface area contributed by atoms with Gasteiger partial charge in [-0.1, -0.05) is 25.1 Å². The van der Waals surface area contributed by atoms with Gasteiger partial charge < -0.3 is 15.1 Å². The molecule has 2 fully saturated rings. The first-order valence-electron chi connectivity index (χ1n) is 12.2. The predicted molar refractivity (Wildman–Crippen MR) is 135 cm³/mol. The quantitative estimate of drug-likeness (QED) is 0.528. The molecule has 5 nitrogen and oxygen atoms in total. The molecule has 1 amide bonds. The number of rotatable bonds is 6. The van der Waals surface area contributed by atoms with E-state index in [4.69, 9.17) is 0 Å². The van der Waals surface area contributed by atoms with Crippen molar-refractivity contribution in [3.8, 4) is 0 Å². The number of halogens is 3. The Morgan fingerprint density at radius 3 is 2.23 bits per heavy atom. The fourth-order valence-electron chi connectivity index (χ4n) is 4.85. The molecule has 0 bridgehead atoms. The van der Waals surface area contributed by atoms with Crippen LogP contribution in [-0.2, 0) is 11.0 Å². The second kappa shape index (κ2) is 11.8. The number of likely N-dealkylation sites (tertiary alicyclic amines) is 1. The molecule has 2 aliphatic heterocycles. The van der Waals surface area contributed by atoms with Gasteiger partial charge in [0.15, 0.2) is 0 Å². The van der Waals surface area contributed by atoms with Gasteiger partial charge in [0.25, 0.3) is 0 Å². The number of amides is 1. The normalized spacial score (nSPS) is 17.7. The van der Waals surface area contributed by atoms with Crippen LogP contribution >= 0.6 is 0 Å². The van der Waals surface area contributed by atoms with E-state index in [0.717, 1.165) is 57.5 Å².